The van der Waals surface area contributed by atoms with Gasteiger partial charge in [-0.1, -0.05) is 42.5 Å². The number of nitrogens with zero attached hydrogens (tertiary/aromatic N) is 6. The Kier molecular flexibility index (Phi) is 7.00. The van der Waals surface area contributed by atoms with Crippen LogP contribution in [0.5, 0.6) is 0 Å². The number of amides is 1. The first-order valence-corrected chi connectivity index (χ1v) is 14.0. The van der Waals surface area contributed by atoms with Crippen LogP contribution in [0.25, 0.3) is 16.7 Å². The average Bonchev–Trinajstić information content (AvgIpc) is 3.39. The Labute approximate surface area is 234 Å². The van der Waals surface area contributed by atoms with Gasteiger partial charge in [-0.3, -0.25) is 4.40 Å². The zero-order valence-electron chi connectivity index (χ0n) is 22.7. The van der Waals surface area contributed by atoms with Crippen LogP contribution in [0.15, 0.2) is 54.6 Å². The molecule has 4 aromatic rings. The van der Waals surface area contributed by atoms with Gasteiger partial charge in [-0.05, 0) is 67.3 Å². The van der Waals surface area contributed by atoms with Crippen molar-refractivity contribution in [2.45, 2.75) is 45.1 Å². The number of likely N-dealkylation sites (tertiary alicyclic amines) is 1. The van der Waals surface area contributed by atoms with Crippen molar-refractivity contribution in [3.05, 3.63) is 76.9 Å². The summed E-state index contributed by atoms with van der Waals surface area (Å²) in [6.45, 7) is 5.11. The lowest BCUT2D eigenvalue weighted by molar-refractivity contribution is 0.0870. The topological polar surface area (TPSA) is 97.7 Å². The fraction of sp³-hybridized carbons (Fsp3) is 0.375. The first-order chi connectivity index (χ1) is 19.6. The van der Waals surface area contributed by atoms with Gasteiger partial charge in [-0.15, -0.1) is 0 Å². The number of para-hydroxylation sites is 2. The number of imidazole rings is 1. The molecule has 8 nitrogen and oxygen atoms in total. The molecule has 0 aliphatic carbocycles. The Hall–Kier alpha value is -4.56. The zero-order chi connectivity index (χ0) is 27.6. The minimum Gasteiger partial charge on any atom is -0.445 e. The molecule has 2 saturated heterocycles. The minimum atomic E-state index is -0.296. The Morgan fingerprint density at radius 1 is 0.975 bits per heavy atom. The molecule has 2 fully saturated rings. The molecule has 6 rings (SSSR count). The van der Waals surface area contributed by atoms with E-state index in [1.807, 2.05) is 48.5 Å². The molecule has 4 heterocycles. The normalized spacial score (nSPS) is 16.7. The lowest BCUT2D eigenvalue weighted by Crippen LogP contribution is -2.39. The SMILES string of the molecule is Cc1c(C2CCN(C(=O)OCc3ccccc3)CC2)c(C#N)c2nc3ccccc3n2c1N1CCC(C#N)CC1. The van der Waals surface area contributed by atoms with Crippen molar-refractivity contribution in [1.82, 2.24) is 14.3 Å². The van der Waals surface area contributed by atoms with Crippen molar-refractivity contribution in [3.63, 3.8) is 0 Å². The molecule has 0 N–H and O–H groups in total. The second-order valence-electron chi connectivity index (χ2n) is 10.8. The van der Waals surface area contributed by atoms with E-state index < -0.39 is 0 Å². The van der Waals surface area contributed by atoms with Crippen LogP contribution in [-0.2, 0) is 11.3 Å². The number of aromatic nitrogens is 2. The highest BCUT2D eigenvalue weighted by atomic mass is 16.6. The third-order valence-electron chi connectivity index (χ3n) is 8.46. The van der Waals surface area contributed by atoms with Gasteiger partial charge in [-0.2, -0.15) is 10.5 Å². The maximum atomic E-state index is 12.8. The van der Waals surface area contributed by atoms with Crippen LogP contribution in [-0.4, -0.2) is 46.6 Å². The molecule has 2 aliphatic rings. The second-order valence-corrected chi connectivity index (χ2v) is 10.8. The first-order valence-electron chi connectivity index (χ1n) is 14.0. The van der Waals surface area contributed by atoms with E-state index in [0.29, 0.717) is 24.3 Å². The smallest absolute Gasteiger partial charge is 0.410 e. The van der Waals surface area contributed by atoms with Gasteiger partial charge in [-0.25, -0.2) is 9.78 Å². The van der Waals surface area contributed by atoms with Crippen LogP contribution in [0, 0.1) is 35.5 Å². The number of ether oxygens (including phenoxy) is 1. The number of pyridine rings is 1. The lowest BCUT2D eigenvalue weighted by Gasteiger charge is -2.36. The Balaban J connectivity index is 1.32. The van der Waals surface area contributed by atoms with Crippen molar-refractivity contribution in [2.75, 3.05) is 31.1 Å². The number of carbonyl (C=O) groups excluding carboxylic acids is 1. The summed E-state index contributed by atoms with van der Waals surface area (Å²) in [6.07, 6.45) is 2.85. The largest absolute Gasteiger partial charge is 0.445 e. The van der Waals surface area contributed by atoms with Crippen molar-refractivity contribution < 1.29 is 9.53 Å². The number of benzene rings is 2. The number of piperidine rings is 2. The summed E-state index contributed by atoms with van der Waals surface area (Å²) in [5.41, 5.74) is 6.25. The Morgan fingerprint density at radius 3 is 2.38 bits per heavy atom. The van der Waals surface area contributed by atoms with E-state index in [-0.39, 0.29) is 24.5 Å². The number of carbonyl (C=O) groups is 1. The monoisotopic (exact) mass is 532 g/mol. The standard InChI is InChI=1S/C32H32N6O2/c1-22-29(25-13-17-37(18-14-25)32(39)40-21-24-7-3-2-4-8-24)26(20-34)30-35-27-9-5-6-10-28(27)38(30)31(22)36-15-11-23(19-33)12-16-36/h2-10,23,25H,11-18,21H2,1H3. The number of fused-ring (bicyclic) bond motifs is 3. The van der Waals surface area contributed by atoms with E-state index in [2.05, 4.69) is 34.4 Å². The molecule has 2 aliphatic heterocycles. The van der Waals surface area contributed by atoms with Crippen molar-refractivity contribution in [1.29, 1.82) is 10.5 Å². The fourth-order valence-electron chi connectivity index (χ4n) is 6.39. The maximum absolute atomic E-state index is 12.8. The van der Waals surface area contributed by atoms with Crippen molar-refractivity contribution in [3.8, 4) is 12.1 Å². The highest BCUT2D eigenvalue weighted by Crippen LogP contribution is 2.41. The molecular formula is C32H32N6O2. The molecule has 0 saturated carbocycles. The van der Waals surface area contributed by atoms with Crippen LogP contribution in [0.4, 0.5) is 10.6 Å². The minimum absolute atomic E-state index is 0.0791. The van der Waals surface area contributed by atoms with E-state index in [1.165, 1.54) is 0 Å². The molecule has 0 radical (unpaired) electrons. The van der Waals surface area contributed by atoms with Crippen LogP contribution in [0.2, 0.25) is 0 Å². The van der Waals surface area contributed by atoms with Crippen molar-refractivity contribution in [2.24, 2.45) is 5.92 Å². The first kappa shape index (κ1) is 25.7. The summed E-state index contributed by atoms with van der Waals surface area (Å²) in [6, 6.07) is 22.7. The van der Waals surface area contributed by atoms with Gasteiger partial charge in [0.1, 0.15) is 18.5 Å². The fourth-order valence-corrected chi connectivity index (χ4v) is 6.39. The zero-order valence-corrected chi connectivity index (χ0v) is 22.7. The number of hydrogen-bond acceptors (Lipinski definition) is 6. The summed E-state index contributed by atoms with van der Waals surface area (Å²) in [4.78, 5) is 21.9. The molecule has 40 heavy (non-hydrogen) atoms. The molecule has 0 unspecified atom stereocenters. The van der Waals surface area contributed by atoms with Crippen LogP contribution in [0.1, 0.15) is 53.9 Å². The van der Waals surface area contributed by atoms with Crippen LogP contribution in [0.3, 0.4) is 0 Å². The molecule has 2 aromatic carbocycles. The lowest BCUT2D eigenvalue weighted by atomic mass is 9.84. The molecule has 2 aromatic heterocycles. The molecule has 0 atom stereocenters. The van der Waals surface area contributed by atoms with E-state index >= 15 is 0 Å². The van der Waals surface area contributed by atoms with Gasteiger partial charge < -0.3 is 14.5 Å². The van der Waals surface area contributed by atoms with E-state index in [1.54, 1.807) is 4.90 Å². The number of hydrogen-bond donors (Lipinski definition) is 0. The number of rotatable bonds is 4. The van der Waals surface area contributed by atoms with Gasteiger partial charge in [0.05, 0.1) is 22.7 Å². The summed E-state index contributed by atoms with van der Waals surface area (Å²) in [7, 11) is 0. The van der Waals surface area contributed by atoms with Crippen LogP contribution < -0.4 is 4.90 Å². The highest BCUT2D eigenvalue weighted by Gasteiger charge is 2.32. The predicted molar refractivity (Wildman–Crippen MR) is 153 cm³/mol. The molecule has 0 spiro atoms. The molecular weight excluding hydrogens is 500 g/mol. The van der Waals surface area contributed by atoms with Gasteiger partial charge in [0.15, 0.2) is 5.65 Å². The second kappa shape index (κ2) is 10.9. The van der Waals surface area contributed by atoms with Gasteiger partial charge >= 0.3 is 6.09 Å². The summed E-state index contributed by atoms with van der Waals surface area (Å²) >= 11 is 0. The van der Waals surface area contributed by atoms with E-state index in [0.717, 1.165) is 72.3 Å². The average molecular weight is 533 g/mol. The Bertz CT molecular complexity index is 1630. The van der Waals surface area contributed by atoms with Crippen LogP contribution >= 0.6 is 0 Å². The highest BCUT2D eigenvalue weighted by molar-refractivity contribution is 5.86. The van der Waals surface area contributed by atoms with E-state index in [4.69, 9.17) is 9.72 Å². The molecule has 1 amide bonds. The maximum Gasteiger partial charge on any atom is 0.410 e. The summed E-state index contributed by atoms with van der Waals surface area (Å²) in [5, 5.41) is 19.9. The third kappa shape index (κ3) is 4.60. The van der Waals surface area contributed by atoms with Gasteiger partial charge in [0.2, 0.25) is 0 Å². The van der Waals surface area contributed by atoms with Crippen molar-refractivity contribution >= 4 is 28.6 Å². The molecule has 202 valence electrons. The number of anilines is 1. The van der Waals surface area contributed by atoms with Gasteiger partial charge in [0.25, 0.3) is 0 Å². The van der Waals surface area contributed by atoms with E-state index in [9.17, 15) is 15.3 Å². The summed E-state index contributed by atoms with van der Waals surface area (Å²) in [5.74, 6) is 1.28. The molecule has 0 bridgehead atoms. The third-order valence-corrected chi connectivity index (χ3v) is 8.46. The Morgan fingerprint density at radius 2 is 1.68 bits per heavy atom. The predicted octanol–water partition coefficient (Wildman–Crippen LogP) is 5.92. The summed E-state index contributed by atoms with van der Waals surface area (Å²) < 4.78 is 7.72. The molecule has 8 heteroatoms. The number of nitriles is 2. The quantitative estimate of drug-likeness (QED) is 0.323. The van der Waals surface area contributed by atoms with Gasteiger partial charge in [0, 0.05) is 32.1 Å².